The number of fused-ring (bicyclic) bond motifs is 1. The SMILES string of the molecule is Cc1ccc2c(c1)S(=O)(=O)N=C(SCCCN(C)C)N2. The van der Waals surface area contributed by atoms with Gasteiger partial charge in [-0.2, -0.15) is 8.42 Å². The number of thioether (sulfide) groups is 1. The maximum absolute atomic E-state index is 12.1. The summed E-state index contributed by atoms with van der Waals surface area (Å²) < 4.78 is 28.1. The highest BCUT2D eigenvalue weighted by atomic mass is 32.2. The maximum Gasteiger partial charge on any atom is 0.286 e. The van der Waals surface area contributed by atoms with E-state index in [1.807, 2.05) is 27.1 Å². The summed E-state index contributed by atoms with van der Waals surface area (Å²) in [5.41, 5.74) is 1.52. The van der Waals surface area contributed by atoms with E-state index in [2.05, 4.69) is 14.6 Å². The number of anilines is 1. The van der Waals surface area contributed by atoms with Crippen LogP contribution in [0.3, 0.4) is 0 Å². The lowest BCUT2D eigenvalue weighted by Crippen LogP contribution is -2.20. The van der Waals surface area contributed by atoms with E-state index in [9.17, 15) is 8.42 Å². The molecule has 0 atom stereocenters. The quantitative estimate of drug-likeness (QED) is 0.863. The Morgan fingerprint density at radius 3 is 2.80 bits per heavy atom. The molecule has 110 valence electrons. The zero-order chi connectivity index (χ0) is 14.8. The van der Waals surface area contributed by atoms with E-state index in [1.54, 1.807) is 12.1 Å². The smallest absolute Gasteiger partial charge is 0.286 e. The molecule has 0 aliphatic carbocycles. The van der Waals surface area contributed by atoms with Crippen molar-refractivity contribution < 1.29 is 8.42 Å². The third kappa shape index (κ3) is 3.74. The second-order valence-electron chi connectivity index (χ2n) is 5.00. The highest BCUT2D eigenvalue weighted by Crippen LogP contribution is 2.30. The van der Waals surface area contributed by atoms with Crippen molar-refractivity contribution in [1.82, 2.24) is 4.90 Å². The first-order chi connectivity index (χ1) is 9.38. The van der Waals surface area contributed by atoms with E-state index in [-0.39, 0.29) is 4.90 Å². The molecule has 0 unspecified atom stereocenters. The fraction of sp³-hybridized carbons (Fsp3) is 0.462. The number of benzene rings is 1. The Balaban J connectivity index is 2.09. The molecule has 0 spiro atoms. The van der Waals surface area contributed by atoms with Crippen LogP contribution in [0.15, 0.2) is 27.5 Å². The Morgan fingerprint density at radius 1 is 1.35 bits per heavy atom. The lowest BCUT2D eigenvalue weighted by molar-refractivity contribution is 0.410. The van der Waals surface area contributed by atoms with E-state index in [1.165, 1.54) is 11.8 Å². The fourth-order valence-electron chi connectivity index (χ4n) is 1.85. The summed E-state index contributed by atoms with van der Waals surface area (Å²) in [7, 11) is 0.463. The molecule has 20 heavy (non-hydrogen) atoms. The summed E-state index contributed by atoms with van der Waals surface area (Å²) in [6.07, 6.45) is 0.985. The summed E-state index contributed by atoms with van der Waals surface area (Å²) in [5.74, 6) is 0.834. The molecule has 0 bridgehead atoms. The second kappa shape index (κ2) is 6.15. The van der Waals surface area contributed by atoms with Crippen LogP contribution in [-0.4, -0.2) is 44.9 Å². The van der Waals surface area contributed by atoms with Crippen LogP contribution in [0.2, 0.25) is 0 Å². The van der Waals surface area contributed by atoms with Crippen LogP contribution in [0.5, 0.6) is 0 Å². The molecule has 1 heterocycles. The van der Waals surface area contributed by atoms with Gasteiger partial charge in [-0.3, -0.25) is 0 Å². The van der Waals surface area contributed by atoms with Crippen LogP contribution < -0.4 is 5.32 Å². The molecule has 0 radical (unpaired) electrons. The molecular weight excluding hydrogens is 294 g/mol. The van der Waals surface area contributed by atoms with Gasteiger partial charge in [-0.15, -0.1) is 4.40 Å². The van der Waals surface area contributed by atoms with Crippen LogP contribution in [0, 0.1) is 6.92 Å². The van der Waals surface area contributed by atoms with Crippen LogP contribution >= 0.6 is 11.8 Å². The Morgan fingerprint density at radius 2 is 2.10 bits per heavy atom. The molecular formula is C13H19N3O2S2. The highest BCUT2D eigenvalue weighted by molar-refractivity contribution is 8.14. The second-order valence-corrected chi connectivity index (χ2v) is 7.66. The normalized spacial score (nSPS) is 16.5. The van der Waals surface area contributed by atoms with Crippen molar-refractivity contribution in [3.05, 3.63) is 23.8 Å². The van der Waals surface area contributed by atoms with Crippen molar-refractivity contribution in [2.75, 3.05) is 31.7 Å². The third-order valence-corrected chi connectivity index (χ3v) is 5.24. The standard InChI is InChI=1S/C13H19N3O2S2/c1-10-5-6-11-12(9-10)20(17,18)15-13(14-11)19-8-4-7-16(2)3/h5-6,9H,4,7-8H2,1-3H3,(H,14,15). The monoisotopic (exact) mass is 313 g/mol. The van der Waals surface area contributed by atoms with Crippen LogP contribution in [0.25, 0.3) is 0 Å². The molecule has 1 aliphatic rings. The number of amidine groups is 1. The van der Waals surface area contributed by atoms with Crippen LogP contribution in [0.1, 0.15) is 12.0 Å². The molecule has 1 aromatic carbocycles. The molecule has 2 rings (SSSR count). The molecule has 0 saturated heterocycles. The van der Waals surface area contributed by atoms with Gasteiger partial charge in [0.2, 0.25) is 0 Å². The van der Waals surface area contributed by atoms with Crippen molar-refractivity contribution in [1.29, 1.82) is 0 Å². The van der Waals surface area contributed by atoms with E-state index in [4.69, 9.17) is 0 Å². The lowest BCUT2D eigenvalue weighted by Gasteiger charge is -2.18. The third-order valence-electron chi connectivity index (χ3n) is 2.85. The lowest BCUT2D eigenvalue weighted by atomic mass is 10.2. The first-order valence-electron chi connectivity index (χ1n) is 6.39. The summed E-state index contributed by atoms with van der Waals surface area (Å²) in [4.78, 5) is 2.36. The summed E-state index contributed by atoms with van der Waals surface area (Å²) in [5, 5.41) is 3.55. The molecule has 5 nitrogen and oxygen atoms in total. The number of rotatable bonds is 4. The van der Waals surface area contributed by atoms with E-state index < -0.39 is 10.0 Å². The van der Waals surface area contributed by atoms with Gasteiger partial charge in [0, 0.05) is 5.75 Å². The molecule has 0 fully saturated rings. The van der Waals surface area contributed by atoms with Gasteiger partial charge in [0.15, 0.2) is 5.17 Å². The summed E-state index contributed by atoms with van der Waals surface area (Å²) in [6, 6.07) is 5.33. The van der Waals surface area contributed by atoms with E-state index in [0.29, 0.717) is 10.9 Å². The average Bonchev–Trinajstić information content (AvgIpc) is 2.35. The van der Waals surface area contributed by atoms with Crippen LogP contribution in [0.4, 0.5) is 5.69 Å². The number of nitrogens with zero attached hydrogens (tertiary/aromatic N) is 2. The van der Waals surface area contributed by atoms with Crippen molar-refractivity contribution in [2.24, 2.45) is 4.40 Å². The summed E-state index contributed by atoms with van der Waals surface area (Å²) in [6.45, 7) is 2.84. The largest absolute Gasteiger partial charge is 0.333 e. The first-order valence-corrected chi connectivity index (χ1v) is 8.81. The highest BCUT2D eigenvalue weighted by Gasteiger charge is 2.24. The maximum atomic E-state index is 12.1. The topological polar surface area (TPSA) is 61.8 Å². The van der Waals surface area contributed by atoms with Gasteiger partial charge in [0.05, 0.1) is 5.69 Å². The molecule has 1 N–H and O–H groups in total. The van der Waals surface area contributed by atoms with Gasteiger partial charge >= 0.3 is 0 Å². The van der Waals surface area contributed by atoms with Crippen molar-refractivity contribution in [2.45, 2.75) is 18.2 Å². The predicted molar refractivity (Wildman–Crippen MR) is 85.1 cm³/mol. The Labute approximate surface area is 124 Å². The minimum Gasteiger partial charge on any atom is -0.333 e. The van der Waals surface area contributed by atoms with Gasteiger partial charge in [-0.05, 0) is 51.7 Å². The minimum atomic E-state index is -3.57. The van der Waals surface area contributed by atoms with Gasteiger partial charge in [-0.1, -0.05) is 17.8 Å². The number of hydrogen-bond donors (Lipinski definition) is 1. The van der Waals surface area contributed by atoms with Gasteiger partial charge < -0.3 is 10.2 Å². The Hall–Kier alpha value is -1.05. The number of hydrogen-bond acceptors (Lipinski definition) is 5. The zero-order valence-electron chi connectivity index (χ0n) is 11.9. The zero-order valence-corrected chi connectivity index (χ0v) is 13.5. The number of sulfonamides is 1. The first kappa shape index (κ1) is 15.3. The molecule has 7 heteroatoms. The van der Waals surface area contributed by atoms with Gasteiger partial charge in [0.25, 0.3) is 10.0 Å². The number of aryl methyl sites for hydroxylation is 1. The summed E-state index contributed by atoms with van der Waals surface area (Å²) >= 11 is 1.44. The van der Waals surface area contributed by atoms with Crippen LogP contribution in [-0.2, 0) is 10.0 Å². The van der Waals surface area contributed by atoms with Crippen molar-refractivity contribution >= 4 is 32.6 Å². The van der Waals surface area contributed by atoms with Crippen molar-refractivity contribution in [3.8, 4) is 0 Å². The van der Waals surface area contributed by atoms with Crippen molar-refractivity contribution in [3.63, 3.8) is 0 Å². The van der Waals surface area contributed by atoms with Gasteiger partial charge in [-0.25, -0.2) is 0 Å². The fourth-order valence-corrected chi connectivity index (χ4v) is 4.10. The van der Waals surface area contributed by atoms with E-state index in [0.717, 1.165) is 24.3 Å². The van der Waals surface area contributed by atoms with Gasteiger partial charge in [0.1, 0.15) is 4.90 Å². The molecule has 0 amide bonds. The average molecular weight is 313 g/mol. The molecule has 1 aromatic rings. The predicted octanol–water partition coefficient (Wildman–Crippen LogP) is 2.15. The Bertz CT molecular complexity index is 625. The van der Waals surface area contributed by atoms with E-state index >= 15 is 0 Å². The molecule has 0 saturated carbocycles. The minimum absolute atomic E-state index is 0.259. The number of nitrogens with one attached hydrogen (secondary N) is 1. The Kier molecular flexibility index (Phi) is 4.72. The molecule has 1 aliphatic heterocycles. The molecule has 0 aromatic heterocycles.